The van der Waals surface area contributed by atoms with Gasteiger partial charge in [-0.25, -0.2) is 4.98 Å². The second-order valence-corrected chi connectivity index (χ2v) is 7.18. The number of anilines is 1. The van der Waals surface area contributed by atoms with E-state index in [0.29, 0.717) is 5.75 Å². The smallest absolute Gasteiger partial charge is 0.296 e. The van der Waals surface area contributed by atoms with Gasteiger partial charge in [-0.2, -0.15) is 0 Å². The van der Waals surface area contributed by atoms with Gasteiger partial charge in [0.2, 0.25) is 5.91 Å². The van der Waals surface area contributed by atoms with Crippen LogP contribution in [0.5, 0.6) is 5.75 Å². The van der Waals surface area contributed by atoms with Crippen molar-refractivity contribution in [1.29, 1.82) is 0 Å². The first-order valence-corrected chi connectivity index (χ1v) is 8.97. The molecule has 3 aromatic rings. The van der Waals surface area contributed by atoms with Crippen molar-refractivity contribution in [2.24, 2.45) is 0 Å². The van der Waals surface area contributed by atoms with E-state index in [-0.39, 0.29) is 23.0 Å². The number of hydrogen-bond acceptors (Lipinski definition) is 7. The second kappa shape index (κ2) is 7.49. The van der Waals surface area contributed by atoms with Gasteiger partial charge in [0, 0.05) is 0 Å². The molecule has 25 heavy (non-hydrogen) atoms. The molecule has 0 aliphatic carbocycles. The maximum Gasteiger partial charge on any atom is 0.296 e. The van der Waals surface area contributed by atoms with Crippen LogP contribution >= 0.6 is 23.1 Å². The van der Waals surface area contributed by atoms with E-state index in [1.165, 1.54) is 42.3 Å². The van der Waals surface area contributed by atoms with Gasteiger partial charge in [0.15, 0.2) is 4.34 Å². The normalized spacial score (nSPS) is 10.6. The topological polar surface area (TPSA) is 94.4 Å². The van der Waals surface area contributed by atoms with Gasteiger partial charge in [-0.15, -0.1) is 11.3 Å². The lowest BCUT2D eigenvalue weighted by Crippen LogP contribution is -2.15. The summed E-state index contributed by atoms with van der Waals surface area (Å²) in [5.74, 6) is 0.134. The van der Waals surface area contributed by atoms with Gasteiger partial charge in [0.1, 0.15) is 11.4 Å². The fourth-order valence-corrected chi connectivity index (χ4v) is 3.99. The molecule has 0 radical (unpaired) electrons. The summed E-state index contributed by atoms with van der Waals surface area (Å²) < 4.78 is 6.80. The number of amides is 1. The van der Waals surface area contributed by atoms with Gasteiger partial charge in [-0.05, 0) is 24.3 Å². The highest BCUT2D eigenvalue weighted by atomic mass is 32.2. The molecule has 9 heteroatoms. The van der Waals surface area contributed by atoms with Gasteiger partial charge in [0.25, 0.3) is 5.69 Å². The molecule has 7 nitrogen and oxygen atoms in total. The van der Waals surface area contributed by atoms with Gasteiger partial charge in [-0.1, -0.05) is 23.9 Å². The van der Waals surface area contributed by atoms with E-state index in [2.05, 4.69) is 10.3 Å². The summed E-state index contributed by atoms with van der Waals surface area (Å²) in [6.45, 7) is 0. The number of ether oxygens (including phenoxy) is 1. The van der Waals surface area contributed by atoms with Crippen molar-refractivity contribution in [1.82, 2.24) is 4.98 Å². The lowest BCUT2D eigenvalue weighted by atomic mass is 10.2. The lowest BCUT2D eigenvalue weighted by molar-refractivity contribution is -0.384. The van der Waals surface area contributed by atoms with Crippen LogP contribution in [0.25, 0.3) is 10.2 Å². The van der Waals surface area contributed by atoms with E-state index in [1.807, 2.05) is 24.3 Å². The third-order valence-corrected chi connectivity index (χ3v) is 5.46. The van der Waals surface area contributed by atoms with Gasteiger partial charge >= 0.3 is 0 Å². The van der Waals surface area contributed by atoms with Crippen LogP contribution < -0.4 is 10.1 Å². The molecule has 2 aromatic carbocycles. The maximum absolute atomic E-state index is 12.1. The highest BCUT2D eigenvalue weighted by molar-refractivity contribution is 8.01. The van der Waals surface area contributed by atoms with E-state index in [1.54, 1.807) is 6.07 Å². The van der Waals surface area contributed by atoms with Gasteiger partial charge in [0.05, 0.1) is 34.1 Å². The molecule has 0 atom stereocenters. The summed E-state index contributed by atoms with van der Waals surface area (Å²) in [5, 5.41) is 13.7. The highest BCUT2D eigenvalue weighted by Gasteiger charge is 2.17. The molecule has 0 spiro atoms. The molecule has 1 N–H and O–H groups in total. The van der Waals surface area contributed by atoms with Crippen molar-refractivity contribution >= 4 is 50.6 Å². The number of nitro groups is 1. The van der Waals surface area contributed by atoms with Crippen LogP contribution in [0, 0.1) is 10.1 Å². The number of nitrogens with one attached hydrogen (secondary N) is 1. The maximum atomic E-state index is 12.1. The van der Waals surface area contributed by atoms with Crippen molar-refractivity contribution in [2.75, 3.05) is 18.2 Å². The van der Waals surface area contributed by atoms with Crippen LogP contribution in [0.1, 0.15) is 0 Å². The quantitative estimate of drug-likeness (QED) is 0.398. The zero-order valence-electron chi connectivity index (χ0n) is 13.1. The van der Waals surface area contributed by atoms with E-state index in [0.717, 1.165) is 14.6 Å². The molecule has 1 amide bonds. The number of nitro benzene ring substituents is 1. The Morgan fingerprint density at radius 1 is 1.36 bits per heavy atom. The van der Waals surface area contributed by atoms with Gasteiger partial charge in [-0.3, -0.25) is 14.9 Å². The number of rotatable bonds is 6. The molecule has 3 rings (SSSR count). The molecular formula is C16H13N3O4S2. The number of hydrogen-bond donors (Lipinski definition) is 1. The molecule has 0 bridgehead atoms. The lowest BCUT2D eigenvalue weighted by Gasteiger charge is -2.07. The number of para-hydroxylation sites is 1. The predicted molar refractivity (Wildman–Crippen MR) is 98.6 cm³/mol. The number of thioether (sulfide) groups is 1. The SMILES string of the molecule is COc1ccc(NC(=O)CSc2nc3ccccc3s2)c([N+](=O)[O-])c1. The van der Waals surface area contributed by atoms with Crippen LogP contribution in [-0.4, -0.2) is 28.7 Å². The monoisotopic (exact) mass is 375 g/mol. The Kier molecular flexibility index (Phi) is 5.15. The minimum absolute atomic E-state index is 0.114. The Morgan fingerprint density at radius 2 is 2.16 bits per heavy atom. The standard InChI is InChI=1S/C16H13N3O4S2/c1-23-10-6-7-11(13(8-10)19(21)22)17-15(20)9-24-16-18-12-4-2-3-5-14(12)25-16/h2-8H,9H2,1H3,(H,17,20). The Bertz CT molecular complexity index is 909. The Balaban J connectivity index is 1.67. The molecule has 0 aliphatic rings. The highest BCUT2D eigenvalue weighted by Crippen LogP contribution is 2.31. The van der Waals surface area contributed by atoms with E-state index in [9.17, 15) is 14.9 Å². The predicted octanol–water partition coefficient (Wildman–Crippen LogP) is 3.94. The van der Waals surface area contributed by atoms with Crippen LogP contribution in [0.15, 0.2) is 46.8 Å². The minimum atomic E-state index is -0.557. The number of methoxy groups -OCH3 is 1. The van der Waals surface area contributed by atoms with Crippen molar-refractivity contribution < 1.29 is 14.5 Å². The average molecular weight is 375 g/mol. The van der Waals surface area contributed by atoms with Crippen molar-refractivity contribution in [3.05, 3.63) is 52.6 Å². The first-order chi connectivity index (χ1) is 12.1. The van der Waals surface area contributed by atoms with Crippen molar-refractivity contribution in [3.8, 4) is 5.75 Å². The van der Waals surface area contributed by atoms with Gasteiger partial charge < -0.3 is 10.1 Å². The van der Waals surface area contributed by atoms with Crippen molar-refractivity contribution in [2.45, 2.75) is 4.34 Å². The summed E-state index contributed by atoms with van der Waals surface area (Å²) in [5.41, 5.74) is 0.819. The Morgan fingerprint density at radius 3 is 2.88 bits per heavy atom. The fourth-order valence-electron chi connectivity index (χ4n) is 2.12. The molecule has 0 fully saturated rings. The summed E-state index contributed by atoms with van der Waals surface area (Å²) in [6, 6.07) is 12.0. The summed E-state index contributed by atoms with van der Waals surface area (Å²) >= 11 is 2.80. The first kappa shape index (κ1) is 17.2. The number of benzene rings is 2. The number of aromatic nitrogens is 1. The van der Waals surface area contributed by atoms with Crippen LogP contribution in [0.4, 0.5) is 11.4 Å². The third-order valence-electron chi connectivity index (χ3n) is 3.28. The van der Waals surface area contributed by atoms with E-state index < -0.39 is 4.92 Å². The van der Waals surface area contributed by atoms with Crippen LogP contribution in [0.3, 0.4) is 0 Å². The van der Waals surface area contributed by atoms with Crippen LogP contribution in [-0.2, 0) is 4.79 Å². The number of fused-ring (bicyclic) bond motifs is 1. The summed E-state index contributed by atoms with van der Waals surface area (Å²) in [7, 11) is 1.42. The third kappa shape index (κ3) is 4.06. The molecule has 1 aromatic heterocycles. The molecule has 0 unspecified atom stereocenters. The summed E-state index contributed by atoms with van der Waals surface area (Å²) in [6.07, 6.45) is 0. The Hall–Kier alpha value is -2.65. The number of nitrogens with zero attached hydrogens (tertiary/aromatic N) is 2. The molecule has 1 heterocycles. The van der Waals surface area contributed by atoms with Crippen molar-refractivity contribution in [3.63, 3.8) is 0 Å². The van der Waals surface area contributed by atoms with E-state index >= 15 is 0 Å². The molecule has 0 saturated heterocycles. The second-order valence-electron chi connectivity index (χ2n) is 4.92. The Labute approximate surface area is 151 Å². The molecule has 0 saturated carbocycles. The number of thiazole rings is 1. The minimum Gasteiger partial charge on any atom is -0.496 e. The fraction of sp³-hybridized carbons (Fsp3) is 0.125. The van der Waals surface area contributed by atoms with Crippen LogP contribution in [0.2, 0.25) is 0 Å². The molecule has 0 aliphatic heterocycles. The first-order valence-electron chi connectivity index (χ1n) is 7.17. The average Bonchev–Trinajstić information content (AvgIpc) is 3.03. The number of carbonyl (C=O) groups excluding carboxylic acids is 1. The van der Waals surface area contributed by atoms with E-state index in [4.69, 9.17) is 4.74 Å². The largest absolute Gasteiger partial charge is 0.496 e. The number of carbonyl (C=O) groups is 1. The zero-order valence-corrected chi connectivity index (χ0v) is 14.7. The molecular weight excluding hydrogens is 362 g/mol. The molecule has 128 valence electrons. The summed E-state index contributed by atoms with van der Waals surface area (Å²) in [4.78, 5) is 27.1. The zero-order chi connectivity index (χ0) is 17.8.